The topological polar surface area (TPSA) is 100 Å². The molecule has 1 heterocycles. The lowest BCUT2D eigenvalue weighted by Crippen LogP contribution is -2.23. The number of amides is 3. The molecule has 2 atom stereocenters. The number of nitrogens with one attached hydrogen (secondary N) is 3. The summed E-state index contributed by atoms with van der Waals surface area (Å²) in [6, 6.07) is 17.3. The maximum absolute atomic E-state index is 12.5. The van der Waals surface area contributed by atoms with Gasteiger partial charge in [0.15, 0.2) is 5.76 Å². The average Bonchev–Trinajstić information content (AvgIpc) is 3.26. The summed E-state index contributed by atoms with van der Waals surface area (Å²) in [5.41, 5.74) is 2.61. The number of anilines is 2. The summed E-state index contributed by atoms with van der Waals surface area (Å²) < 4.78 is 5.06. The zero-order chi connectivity index (χ0) is 21.8. The van der Waals surface area contributed by atoms with Crippen molar-refractivity contribution in [2.24, 2.45) is 11.8 Å². The van der Waals surface area contributed by atoms with E-state index in [2.05, 4.69) is 16.0 Å². The fourth-order valence-corrected chi connectivity index (χ4v) is 3.25. The Hall–Kier alpha value is -3.87. The molecule has 0 spiro atoms. The Morgan fingerprint density at radius 2 is 1.71 bits per heavy atom. The van der Waals surface area contributed by atoms with Gasteiger partial charge in [-0.3, -0.25) is 14.4 Å². The van der Waals surface area contributed by atoms with Gasteiger partial charge in [0, 0.05) is 29.4 Å². The maximum atomic E-state index is 12.5. The predicted molar refractivity (Wildman–Crippen MR) is 117 cm³/mol. The van der Waals surface area contributed by atoms with Crippen LogP contribution in [0.15, 0.2) is 71.3 Å². The first kappa shape index (κ1) is 20.4. The molecule has 158 valence electrons. The normalized spacial score (nSPS) is 16.9. The summed E-state index contributed by atoms with van der Waals surface area (Å²) in [5.74, 6) is 0.187. The molecule has 0 radical (unpaired) electrons. The standard InChI is InChI=1S/C24H23N3O4/c1-15-12-20(15)23(29)27-19-5-2-4-17(13-19)22(28)25-14-16-7-9-18(10-8-16)26-24(30)21-6-3-11-31-21/h2-11,13,15,20H,12,14H2,1H3,(H,25,28)(H,26,30)(H,27,29). The van der Waals surface area contributed by atoms with Gasteiger partial charge >= 0.3 is 0 Å². The van der Waals surface area contributed by atoms with Crippen LogP contribution in [-0.2, 0) is 11.3 Å². The van der Waals surface area contributed by atoms with E-state index in [9.17, 15) is 14.4 Å². The van der Waals surface area contributed by atoms with E-state index in [1.165, 1.54) is 6.26 Å². The van der Waals surface area contributed by atoms with Crippen LogP contribution in [0.3, 0.4) is 0 Å². The van der Waals surface area contributed by atoms with E-state index in [4.69, 9.17) is 4.42 Å². The molecule has 7 nitrogen and oxygen atoms in total. The molecule has 1 aliphatic rings. The zero-order valence-electron chi connectivity index (χ0n) is 17.1. The van der Waals surface area contributed by atoms with E-state index >= 15 is 0 Å². The van der Waals surface area contributed by atoms with Crippen LogP contribution >= 0.6 is 0 Å². The van der Waals surface area contributed by atoms with Crippen molar-refractivity contribution in [1.29, 1.82) is 0 Å². The molecular formula is C24H23N3O4. The van der Waals surface area contributed by atoms with Crippen LogP contribution in [0.4, 0.5) is 11.4 Å². The van der Waals surface area contributed by atoms with Crippen molar-refractivity contribution in [3.8, 4) is 0 Å². The van der Waals surface area contributed by atoms with Gasteiger partial charge in [-0.05, 0) is 60.4 Å². The number of hydrogen-bond acceptors (Lipinski definition) is 4. The Morgan fingerprint density at radius 3 is 2.39 bits per heavy atom. The molecule has 1 fully saturated rings. The van der Waals surface area contributed by atoms with Crippen LogP contribution in [0, 0.1) is 11.8 Å². The SMILES string of the molecule is CC1CC1C(=O)Nc1cccc(C(=O)NCc2ccc(NC(=O)c3ccco3)cc2)c1. The van der Waals surface area contributed by atoms with Crippen molar-refractivity contribution in [3.05, 3.63) is 83.8 Å². The molecule has 1 aliphatic carbocycles. The van der Waals surface area contributed by atoms with Gasteiger partial charge in [0.25, 0.3) is 11.8 Å². The Labute approximate surface area is 179 Å². The minimum Gasteiger partial charge on any atom is -0.459 e. The molecule has 0 aliphatic heterocycles. The second-order valence-electron chi connectivity index (χ2n) is 7.70. The van der Waals surface area contributed by atoms with E-state index in [1.54, 1.807) is 48.5 Å². The predicted octanol–water partition coefficient (Wildman–Crippen LogP) is 4.06. The van der Waals surface area contributed by atoms with E-state index in [1.807, 2.05) is 19.1 Å². The summed E-state index contributed by atoms with van der Waals surface area (Å²) in [4.78, 5) is 36.6. The lowest BCUT2D eigenvalue weighted by atomic mass is 10.1. The van der Waals surface area contributed by atoms with Gasteiger partial charge in [-0.2, -0.15) is 0 Å². The number of carbonyl (C=O) groups excluding carboxylic acids is 3. The second kappa shape index (κ2) is 8.87. The zero-order valence-corrected chi connectivity index (χ0v) is 17.1. The summed E-state index contributed by atoms with van der Waals surface area (Å²) in [6.07, 6.45) is 2.36. The van der Waals surface area contributed by atoms with Gasteiger partial charge in [0.1, 0.15) is 0 Å². The number of rotatable bonds is 7. The molecule has 2 unspecified atom stereocenters. The van der Waals surface area contributed by atoms with Crippen LogP contribution in [0.1, 0.15) is 39.8 Å². The average molecular weight is 417 g/mol. The van der Waals surface area contributed by atoms with E-state index in [-0.39, 0.29) is 29.4 Å². The number of hydrogen-bond donors (Lipinski definition) is 3. The van der Waals surface area contributed by atoms with E-state index in [0.717, 1.165) is 12.0 Å². The Kier molecular flexibility index (Phi) is 5.84. The van der Waals surface area contributed by atoms with Crippen LogP contribution in [0.2, 0.25) is 0 Å². The minimum absolute atomic E-state index is 0.00397. The summed E-state index contributed by atoms with van der Waals surface area (Å²) in [7, 11) is 0. The smallest absolute Gasteiger partial charge is 0.291 e. The highest BCUT2D eigenvalue weighted by Crippen LogP contribution is 2.38. The van der Waals surface area contributed by atoms with Crippen LogP contribution in [0.25, 0.3) is 0 Å². The minimum atomic E-state index is -0.325. The van der Waals surface area contributed by atoms with Gasteiger partial charge in [-0.15, -0.1) is 0 Å². The third kappa shape index (κ3) is 5.19. The van der Waals surface area contributed by atoms with E-state index < -0.39 is 0 Å². The van der Waals surface area contributed by atoms with Crippen molar-refractivity contribution in [1.82, 2.24) is 5.32 Å². The van der Waals surface area contributed by atoms with Crippen LogP contribution < -0.4 is 16.0 Å². The van der Waals surface area contributed by atoms with Crippen molar-refractivity contribution < 1.29 is 18.8 Å². The van der Waals surface area contributed by atoms with Gasteiger partial charge < -0.3 is 20.4 Å². The molecule has 0 saturated heterocycles. The molecule has 1 aromatic heterocycles. The number of carbonyl (C=O) groups is 3. The van der Waals surface area contributed by atoms with Crippen molar-refractivity contribution in [2.45, 2.75) is 19.9 Å². The first-order valence-electron chi connectivity index (χ1n) is 10.1. The largest absolute Gasteiger partial charge is 0.459 e. The Morgan fingerprint density at radius 1 is 0.935 bits per heavy atom. The molecule has 0 bridgehead atoms. The van der Waals surface area contributed by atoms with Gasteiger partial charge in [0.05, 0.1) is 6.26 Å². The van der Waals surface area contributed by atoms with Crippen molar-refractivity contribution >= 4 is 29.1 Å². The monoisotopic (exact) mass is 417 g/mol. The quantitative estimate of drug-likeness (QED) is 0.540. The second-order valence-corrected chi connectivity index (χ2v) is 7.70. The fourth-order valence-electron chi connectivity index (χ4n) is 3.25. The molecule has 2 aromatic carbocycles. The maximum Gasteiger partial charge on any atom is 0.291 e. The molecule has 7 heteroatoms. The van der Waals surface area contributed by atoms with Crippen molar-refractivity contribution in [3.63, 3.8) is 0 Å². The first-order valence-corrected chi connectivity index (χ1v) is 10.1. The highest BCUT2D eigenvalue weighted by Gasteiger charge is 2.39. The molecular weight excluding hydrogens is 394 g/mol. The number of benzene rings is 2. The highest BCUT2D eigenvalue weighted by atomic mass is 16.3. The number of furan rings is 1. The highest BCUT2D eigenvalue weighted by molar-refractivity contribution is 6.02. The molecule has 3 aromatic rings. The first-order chi connectivity index (χ1) is 15.0. The van der Waals surface area contributed by atoms with Gasteiger partial charge in [-0.1, -0.05) is 25.1 Å². The lowest BCUT2D eigenvalue weighted by molar-refractivity contribution is -0.117. The molecule has 1 saturated carbocycles. The Bertz CT molecular complexity index is 1090. The lowest BCUT2D eigenvalue weighted by Gasteiger charge is -2.09. The third-order valence-corrected chi connectivity index (χ3v) is 5.25. The molecule has 31 heavy (non-hydrogen) atoms. The summed E-state index contributed by atoms with van der Waals surface area (Å²) in [6.45, 7) is 2.38. The van der Waals surface area contributed by atoms with E-state index in [0.29, 0.717) is 29.4 Å². The molecule has 3 amide bonds. The fraction of sp³-hybridized carbons (Fsp3) is 0.208. The third-order valence-electron chi connectivity index (χ3n) is 5.25. The summed E-state index contributed by atoms with van der Waals surface area (Å²) in [5, 5.41) is 8.49. The van der Waals surface area contributed by atoms with Crippen LogP contribution in [-0.4, -0.2) is 17.7 Å². The van der Waals surface area contributed by atoms with Gasteiger partial charge in [0.2, 0.25) is 5.91 Å². The molecule has 3 N–H and O–H groups in total. The van der Waals surface area contributed by atoms with Crippen molar-refractivity contribution in [2.75, 3.05) is 10.6 Å². The molecule has 4 rings (SSSR count). The van der Waals surface area contributed by atoms with Gasteiger partial charge in [-0.25, -0.2) is 0 Å². The van der Waals surface area contributed by atoms with Crippen LogP contribution in [0.5, 0.6) is 0 Å². The Balaban J connectivity index is 1.30. The summed E-state index contributed by atoms with van der Waals surface area (Å²) >= 11 is 0.